The number of anilines is 2. The van der Waals surface area contributed by atoms with Crippen LogP contribution < -0.4 is 20.9 Å². The number of carbonyl (C=O) groups excluding carboxylic acids is 3. The summed E-state index contributed by atoms with van der Waals surface area (Å²) in [4.78, 5) is 50.4. The van der Waals surface area contributed by atoms with Gasteiger partial charge in [0.25, 0.3) is 0 Å². The molecule has 1 aromatic rings. The van der Waals surface area contributed by atoms with Crippen LogP contribution >= 0.6 is 0 Å². The predicted molar refractivity (Wildman–Crippen MR) is 109 cm³/mol. The quantitative estimate of drug-likeness (QED) is 0.551. The van der Waals surface area contributed by atoms with Crippen molar-refractivity contribution < 1.29 is 24.3 Å². The van der Waals surface area contributed by atoms with E-state index < -0.39 is 30.0 Å². The summed E-state index contributed by atoms with van der Waals surface area (Å²) in [5.74, 6) is -2.60. The van der Waals surface area contributed by atoms with Crippen molar-refractivity contribution in [3.63, 3.8) is 0 Å². The van der Waals surface area contributed by atoms with Gasteiger partial charge in [-0.3, -0.25) is 14.5 Å². The number of carboxylic acids is 1. The zero-order valence-electron chi connectivity index (χ0n) is 17.1. The monoisotopic (exact) mass is 404 g/mol. The molecule has 0 spiro atoms. The number of amides is 4. The lowest BCUT2D eigenvalue weighted by Crippen LogP contribution is -2.58. The second kappa shape index (κ2) is 9.40. The van der Waals surface area contributed by atoms with Gasteiger partial charge in [0.15, 0.2) is 0 Å². The van der Waals surface area contributed by atoms with E-state index in [1.165, 1.54) is 4.90 Å². The first-order chi connectivity index (χ1) is 13.6. The lowest BCUT2D eigenvalue weighted by atomic mass is 9.97. The number of carbonyl (C=O) groups is 4. The summed E-state index contributed by atoms with van der Waals surface area (Å²) in [6.07, 6.45) is 0.592. The molecule has 1 aliphatic heterocycles. The molecule has 0 fully saturated rings. The molecule has 0 saturated carbocycles. The minimum atomic E-state index is -1.13. The first kappa shape index (κ1) is 22.2. The van der Waals surface area contributed by atoms with Gasteiger partial charge in [-0.1, -0.05) is 46.2 Å². The summed E-state index contributed by atoms with van der Waals surface area (Å²) < 4.78 is 0. The number of benzene rings is 1. The number of aliphatic carboxylic acids is 1. The van der Waals surface area contributed by atoms with Crippen LogP contribution in [0.2, 0.25) is 0 Å². The van der Waals surface area contributed by atoms with Crippen molar-refractivity contribution in [1.82, 2.24) is 10.6 Å². The molecule has 0 saturated heterocycles. The SMILES string of the molecule is CC[C@@H](C)[C@H](NC(=O)N1CC(=O)Nc2ccccc21)C(=O)N[C@@H](C(=O)O)C(C)C. The fourth-order valence-electron chi connectivity index (χ4n) is 3.08. The van der Waals surface area contributed by atoms with Crippen LogP contribution in [0.5, 0.6) is 0 Å². The smallest absolute Gasteiger partial charge is 0.326 e. The largest absolute Gasteiger partial charge is 0.480 e. The van der Waals surface area contributed by atoms with Gasteiger partial charge < -0.3 is 21.1 Å². The molecule has 0 aromatic heterocycles. The Kier molecular flexibility index (Phi) is 7.19. The number of nitrogens with zero attached hydrogens (tertiary/aromatic N) is 1. The van der Waals surface area contributed by atoms with Gasteiger partial charge in [0, 0.05) is 0 Å². The number of para-hydroxylation sites is 2. The summed E-state index contributed by atoms with van der Waals surface area (Å²) >= 11 is 0. The van der Waals surface area contributed by atoms with Crippen LogP contribution in [0.1, 0.15) is 34.1 Å². The number of hydrogen-bond acceptors (Lipinski definition) is 4. The van der Waals surface area contributed by atoms with Crippen LogP contribution in [-0.4, -0.2) is 47.5 Å². The highest BCUT2D eigenvalue weighted by atomic mass is 16.4. The molecule has 4 amide bonds. The third kappa shape index (κ3) is 5.24. The normalized spacial score (nSPS) is 16.3. The molecule has 3 atom stereocenters. The molecule has 1 aromatic carbocycles. The van der Waals surface area contributed by atoms with Gasteiger partial charge in [-0.25, -0.2) is 9.59 Å². The molecule has 0 bridgehead atoms. The topological polar surface area (TPSA) is 128 Å². The van der Waals surface area contributed by atoms with Crippen molar-refractivity contribution in [1.29, 1.82) is 0 Å². The van der Waals surface area contributed by atoms with Crippen LogP contribution in [0.25, 0.3) is 0 Å². The van der Waals surface area contributed by atoms with Crippen molar-refractivity contribution in [2.45, 2.75) is 46.2 Å². The van der Waals surface area contributed by atoms with Gasteiger partial charge in [0.2, 0.25) is 11.8 Å². The van der Waals surface area contributed by atoms with E-state index in [9.17, 15) is 24.3 Å². The van der Waals surface area contributed by atoms with Crippen LogP contribution in [0.15, 0.2) is 24.3 Å². The predicted octanol–water partition coefficient (Wildman–Crippen LogP) is 1.79. The fraction of sp³-hybridized carbons (Fsp3) is 0.500. The number of hydrogen-bond donors (Lipinski definition) is 4. The maximum atomic E-state index is 12.9. The van der Waals surface area contributed by atoms with Crippen molar-refractivity contribution in [2.75, 3.05) is 16.8 Å². The molecule has 29 heavy (non-hydrogen) atoms. The Bertz CT molecular complexity index is 795. The molecule has 9 heteroatoms. The molecule has 1 heterocycles. The Hall–Kier alpha value is -3.10. The number of carboxylic acid groups (broad SMARTS) is 1. The van der Waals surface area contributed by atoms with E-state index in [0.29, 0.717) is 17.8 Å². The highest BCUT2D eigenvalue weighted by molar-refractivity contribution is 6.10. The second-order valence-electron chi connectivity index (χ2n) is 7.53. The standard InChI is InChI=1S/C20H28N4O5/c1-5-12(4)17(18(26)22-16(11(2)3)19(27)28)23-20(29)24-10-15(25)21-13-8-6-7-9-14(13)24/h6-9,11-12,16-17H,5,10H2,1-4H3,(H,21,25)(H,22,26)(H,23,29)(H,27,28)/t12-,16-,17+/m1/s1. The van der Waals surface area contributed by atoms with Gasteiger partial charge >= 0.3 is 12.0 Å². The first-order valence-electron chi connectivity index (χ1n) is 9.65. The zero-order valence-corrected chi connectivity index (χ0v) is 17.1. The average molecular weight is 404 g/mol. The molecule has 1 aliphatic rings. The van der Waals surface area contributed by atoms with E-state index >= 15 is 0 Å². The Labute approximate surface area is 169 Å². The van der Waals surface area contributed by atoms with E-state index in [2.05, 4.69) is 16.0 Å². The van der Waals surface area contributed by atoms with E-state index in [0.717, 1.165) is 0 Å². The van der Waals surface area contributed by atoms with Crippen molar-refractivity contribution >= 4 is 35.2 Å². The Morgan fingerprint density at radius 3 is 2.38 bits per heavy atom. The third-order valence-corrected chi connectivity index (χ3v) is 5.02. The lowest BCUT2D eigenvalue weighted by Gasteiger charge is -2.32. The highest BCUT2D eigenvalue weighted by Gasteiger charge is 2.34. The molecule has 158 valence electrons. The molecule has 0 unspecified atom stereocenters. The third-order valence-electron chi connectivity index (χ3n) is 5.02. The van der Waals surface area contributed by atoms with Gasteiger partial charge in [-0.2, -0.15) is 0 Å². The average Bonchev–Trinajstić information content (AvgIpc) is 2.67. The van der Waals surface area contributed by atoms with E-state index in [1.807, 2.05) is 6.92 Å². The molecule has 0 aliphatic carbocycles. The highest BCUT2D eigenvalue weighted by Crippen LogP contribution is 2.29. The molecular formula is C20H28N4O5. The zero-order chi connectivity index (χ0) is 21.7. The Morgan fingerprint density at radius 2 is 1.79 bits per heavy atom. The van der Waals surface area contributed by atoms with Crippen LogP contribution in [-0.2, 0) is 14.4 Å². The fourth-order valence-corrected chi connectivity index (χ4v) is 3.08. The first-order valence-corrected chi connectivity index (χ1v) is 9.65. The molecule has 2 rings (SSSR count). The van der Waals surface area contributed by atoms with Crippen LogP contribution in [0, 0.1) is 11.8 Å². The summed E-state index contributed by atoms with van der Waals surface area (Å²) in [6, 6.07) is 4.28. The number of urea groups is 1. The summed E-state index contributed by atoms with van der Waals surface area (Å²) in [5.41, 5.74) is 1.03. The van der Waals surface area contributed by atoms with Crippen molar-refractivity contribution in [2.24, 2.45) is 11.8 Å². The van der Waals surface area contributed by atoms with Gasteiger partial charge in [-0.05, 0) is 24.0 Å². The molecule has 0 radical (unpaired) electrons. The number of nitrogens with one attached hydrogen (secondary N) is 3. The van der Waals surface area contributed by atoms with E-state index in [1.54, 1.807) is 45.0 Å². The van der Waals surface area contributed by atoms with Gasteiger partial charge in [-0.15, -0.1) is 0 Å². The summed E-state index contributed by atoms with van der Waals surface area (Å²) in [5, 5.41) is 17.2. The van der Waals surface area contributed by atoms with Crippen molar-refractivity contribution in [3.05, 3.63) is 24.3 Å². The Morgan fingerprint density at radius 1 is 1.14 bits per heavy atom. The number of rotatable bonds is 7. The van der Waals surface area contributed by atoms with Gasteiger partial charge in [0.05, 0.1) is 11.4 Å². The lowest BCUT2D eigenvalue weighted by molar-refractivity contribution is -0.143. The molecular weight excluding hydrogens is 376 g/mol. The maximum Gasteiger partial charge on any atom is 0.326 e. The van der Waals surface area contributed by atoms with Crippen LogP contribution in [0.4, 0.5) is 16.2 Å². The van der Waals surface area contributed by atoms with Crippen molar-refractivity contribution in [3.8, 4) is 0 Å². The number of fused-ring (bicyclic) bond motifs is 1. The van der Waals surface area contributed by atoms with Crippen LogP contribution in [0.3, 0.4) is 0 Å². The maximum absolute atomic E-state index is 12.9. The second-order valence-corrected chi connectivity index (χ2v) is 7.53. The minimum Gasteiger partial charge on any atom is -0.480 e. The molecule has 4 N–H and O–H groups in total. The minimum absolute atomic E-state index is 0.179. The summed E-state index contributed by atoms with van der Waals surface area (Å²) in [6.45, 7) is 6.88. The van der Waals surface area contributed by atoms with E-state index in [-0.39, 0.29) is 24.3 Å². The van der Waals surface area contributed by atoms with Gasteiger partial charge in [0.1, 0.15) is 18.6 Å². The summed E-state index contributed by atoms with van der Waals surface area (Å²) in [7, 11) is 0. The van der Waals surface area contributed by atoms with E-state index in [4.69, 9.17) is 0 Å². The Balaban J connectivity index is 2.22. The molecule has 9 nitrogen and oxygen atoms in total.